The molecule has 1 unspecified atom stereocenters. The fourth-order valence-electron chi connectivity index (χ4n) is 0.660. The van der Waals surface area contributed by atoms with Crippen LogP contribution in [0.1, 0.15) is 13.3 Å². The Bertz CT molecular complexity index is 188. The molecule has 1 rings (SSSR count). The van der Waals surface area contributed by atoms with Crippen LogP contribution >= 0.6 is 11.3 Å². The number of aliphatic hydroxyl groups excluding tert-OH is 1. The van der Waals surface area contributed by atoms with E-state index in [0.717, 1.165) is 11.6 Å². The van der Waals surface area contributed by atoms with Crippen LogP contribution in [0.5, 0.6) is 0 Å². The average molecular weight is 172 g/mol. The third kappa shape index (κ3) is 2.86. The van der Waals surface area contributed by atoms with E-state index in [0.29, 0.717) is 6.54 Å². The van der Waals surface area contributed by atoms with Gasteiger partial charge in [-0.15, -0.1) is 11.3 Å². The van der Waals surface area contributed by atoms with Crippen LogP contribution in [0.25, 0.3) is 0 Å². The molecule has 0 radical (unpaired) electrons. The minimum Gasteiger partial charge on any atom is -0.391 e. The summed E-state index contributed by atoms with van der Waals surface area (Å²) in [6.45, 7) is 2.54. The second kappa shape index (κ2) is 4.31. The van der Waals surface area contributed by atoms with Gasteiger partial charge < -0.3 is 10.4 Å². The molecule has 2 N–H and O–H groups in total. The highest BCUT2D eigenvalue weighted by atomic mass is 32.1. The predicted molar refractivity (Wildman–Crippen MR) is 46.9 cm³/mol. The molecule has 1 atom stereocenters. The van der Waals surface area contributed by atoms with E-state index in [4.69, 9.17) is 0 Å². The molecule has 0 saturated heterocycles. The highest BCUT2D eigenvalue weighted by Gasteiger charge is 2.00. The Kier molecular flexibility index (Phi) is 3.32. The lowest BCUT2D eigenvalue weighted by molar-refractivity contribution is 0.183. The fraction of sp³-hybridized carbons (Fsp3) is 0.571. The first-order valence-corrected chi connectivity index (χ1v) is 4.52. The Morgan fingerprint density at radius 3 is 3.18 bits per heavy atom. The van der Waals surface area contributed by atoms with Crippen LogP contribution < -0.4 is 5.32 Å². The van der Waals surface area contributed by atoms with Crippen LogP contribution in [0, 0.1) is 0 Å². The molecular formula is C7H12N2OS. The third-order valence-corrected chi connectivity index (χ3v) is 2.12. The van der Waals surface area contributed by atoms with Crippen molar-refractivity contribution < 1.29 is 5.11 Å². The van der Waals surface area contributed by atoms with Crippen molar-refractivity contribution in [2.45, 2.75) is 19.4 Å². The quantitative estimate of drug-likeness (QED) is 0.720. The molecule has 0 saturated carbocycles. The second-order valence-corrected chi connectivity index (χ2v) is 3.17. The van der Waals surface area contributed by atoms with Crippen molar-refractivity contribution in [1.82, 2.24) is 4.98 Å². The number of hydrogen-bond donors (Lipinski definition) is 2. The van der Waals surface area contributed by atoms with Crippen LogP contribution in [0.15, 0.2) is 11.6 Å². The van der Waals surface area contributed by atoms with E-state index in [2.05, 4.69) is 10.3 Å². The van der Waals surface area contributed by atoms with Gasteiger partial charge in [0, 0.05) is 18.1 Å². The second-order valence-electron chi connectivity index (χ2n) is 2.28. The maximum absolute atomic E-state index is 9.17. The maximum atomic E-state index is 9.17. The number of aliphatic hydroxyl groups is 1. The first-order valence-electron chi connectivity index (χ1n) is 3.64. The molecule has 1 aromatic rings. The van der Waals surface area contributed by atoms with Crippen LogP contribution in [-0.2, 0) is 0 Å². The normalized spacial score (nSPS) is 12.9. The lowest BCUT2D eigenvalue weighted by Gasteiger charge is -2.06. The molecule has 0 amide bonds. The molecule has 0 aliphatic rings. The Morgan fingerprint density at radius 1 is 1.82 bits per heavy atom. The Balaban J connectivity index is 2.23. The number of thiazole rings is 1. The molecular weight excluding hydrogens is 160 g/mol. The van der Waals surface area contributed by atoms with Crippen LogP contribution in [-0.4, -0.2) is 22.7 Å². The van der Waals surface area contributed by atoms with Crippen molar-refractivity contribution in [2.75, 3.05) is 11.9 Å². The van der Waals surface area contributed by atoms with Crippen molar-refractivity contribution in [1.29, 1.82) is 0 Å². The molecule has 0 aliphatic carbocycles. The summed E-state index contributed by atoms with van der Waals surface area (Å²) in [6.07, 6.45) is 2.25. The lowest BCUT2D eigenvalue weighted by Crippen LogP contribution is -2.17. The van der Waals surface area contributed by atoms with Crippen molar-refractivity contribution in [3.8, 4) is 0 Å². The minimum atomic E-state index is -0.265. The largest absolute Gasteiger partial charge is 0.391 e. The molecule has 1 heterocycles. The summed E-state index contributed by atoms with van der Waals surface area (Å²) >= 11 is 1.54. The molecule has 62 valence electrons. The molecule has 0 spiro atoms. The predicted octanol–water partition coefficient (Wildman–Crippen LogP) is 1.33. The van der Waals surface area contributed by atoms with E-state index in [1.165, 1.54) is 0 Å². The zero-order valence-electron chi connectivity index (χ0n) is 6.45. The molecule has 0 aliphatic heterocycles. The summed E-state index contributed by atoms with van der Waals surface area (Å²) in [5.74, 6) is 0. The fourth-order valence-corrected chi connectivity index (χ4v) is 1.20. The lowest BCUT2D eigenvalue weighted by atomic mass is 10.3. The molecule has 4 heteroatoms. The zero-order valence-corrected chi connectivity index (χ0v) is 7.27. The summed E-state index contributed by atoms with van der Waals surface area (Å²) < 4.78 is 0. The number of anilines is 1. The van der Waals surface area contributed by atoms with E-state index in [1.54, 1.807) is 17.5 Å². The first-order chi connectivity index (χ1) is 5.33. The average Bonchev–Trinajstić information content (AvgIpc) is 2.52. The van der Waals surface area contributed by atoms with Gasteiger partial charge in [0.1, 0.15) is 0 Å². The van der Waals surface area contributed by atoms with Gasteiger partial charge in [-0.2, -0.15) is 0 Å². The van der Waals surface area contributed by atoms with Gasteiger partial charge in [-0.25, -0.2) is 4.98 Å². The summed E-state index contributed by atoms with van der Waals surface area (Å²) in [6, 6.07) is 0. The van der Waals surface area contributed by atoms with Crippen LogP contribution in [0.2, 0.25) is 0 Å². The molecule has 1 aromatic heterocycles. The van der Waals surface area contributed by atoms with Gasteiger partial charge in [-0.1, -0.05) is 6.92 Å². The van der Waals surface area contributed by atoms with E-state index in [9.17, 15) is 5.11 Å². The SMILES string of the molecule is CCC(O)CNc1nccs1. The minimum absolute atomic E-state index is 0.265. The maximum Gasteiger partial charge on any atom is 0.182 e. The van der Waals surface area contributed by atoms with Crippen LogP contribution in [0.3, 0.4) is 0 Å². The topological polar surface area (TPSA) is 45.1 Å². The molecule has 11 heavy (non-hydrogen) atoms. The van der Waals surface area contributed by atoms with Gasteiger partial charge in [0.2, 0.25) is 0 Å². The van der Waals surface area contributed by atoms with Gasteiger partial charge in [0.05, 0.1) is 6.10 Å². The Hall–Kier alpha value is -0.610. The Labute approximate surface area is 70.1 Å². The molecule has 0 fully saturated rings. The van der Waals surface area contributed by atoms with E-state index >= 15 is 0 Å². The van der Waals surface area contributed by atoms with E-state index in [-0.39, 0.29) is 6.10 Å². The monoisotopic (exact) mass is 172 g/mol. The number of hydrogen-bond acceptors (Lipinski definition) is 4. The smallest absolute Gasteiger partial charge is 0.182 e. The van der Waals surface area contributed by atoms with Gasteiger partial charge in [0.25, 0.3) is 0 Å². The third-order valence-electron chi connectivity index (χ3n) is 1.39. The standard InChI is InChI=1S/C7H12N2OS/c1-2-6(10)5-9-7-8-3-4-11-7/h3-4,6,10H,2,5H2,1H3,(H,8,9). The van der Waals surface area contributed by atoms with Gasteiger partial charge in [-0.3, -0.25) is 0 Å². The van der Waals surface area contributed by atoms with Crippen molar-refractivity contribution >= 4 is 16.5 Å². The number of nitrogens with zero attached hydrogens (tertiary/aromatic N) is 1. The van der Waals surface area contributed by atoms with E-state index < -0.39 is 0 Å². The van der Waals surface area contributed by atoms with Crippen molar-refractivity contribution in [2.24, 2.45) is 0 Å². The van der Waals surface area contributed by atoms with Gasteiger partial charge >= 0.3 is 0 Å². The zero-order chi connectivity index (χ0) is 8.10. The number of nitrogens with one attached hydrogen (secondary N) is 1. The highest BCUT2D eigenvalue weighted by Crippen LogP contribution is 2.09. The van der Waals surface area contributed by atoms with Crippen molar-refractivity contribution in [3.05, 3.63) is 11.6 Å². The molecule has 0 aromatic carbocycles. The summed E-state index contributed by atoms with van der Waals surface area (Å²) in [5, 5.41) is 15.0. The molecule has 3 nitrogen and oxygen atoms in total. The summed E-state index contributed by atoms with van der Waals surface area (Å²) in [4.78, 5) is 4.02. The van der Waals surface area contributed by atoms with Gasteiger partial charge in [-0.05, 0) is 6.42 Å². The summed E-state index contributed by atoms with van der Waals surface area (Å²) in [5.41, 5.74) is 0. The Morgan fingerprint density at radius 2 is 2.64 bits per heavy atom. The van der Waals surface area contributed by atoms with E-state index in [1.807, 2.05) is 12.3 Å². The van der Waals surface area contributed by atoms with Crippen molar-refractivity contribution in [3.63, 3.8) is 0 Å². The van der Waals surface area contributed by atoms with Gasteiger partial charge in [0.15, 0.2) is 5.13 Å². The number of aromatic nitrogens is 1. The molecule has 0 bridgehead atoms. The number of rotatable bonds is 4. The highest BCUT2D eigenvalue weighted by molar-refractivity contribution is 7.13. The van der Waals surface area contributed by atoms with Crippen LogP contribution in [0.4, 0.5) is 5.13 Å². The summed E-state index contributed by atoms with van der Waals surface area (Å²) in [7, 11) is 0. The first kappa shape index (κ1) is 8.49.